The topological polar surface area (TPSA) is 44.8 Å². The Morgan fingerprint density at radius 2 is 2.00 bits per heavy atom. The molecule has 0 saturated carbocycles. The quantitative estimate of drug-likeness (QED) is 0.680. The summed E-state index contributed by atoms with van der Waals surface area (Å²) in [5.41, 5.74) is 0. The van der Waals surface area contributed by atoms with E-state index in [0.717, 1.165) is 19.3 Å². The Labute approximate surface area is 97.2 Å². The highest BCUT2D eigenvalue weighted by Gasteiger charge is 2.45. The molecule has 1 saturated heterocycles. The Balaban J connectivity index is 2.60. The maximum atomic E-state index is 11.7. The summed E-state index contributed by atoms with van der Waals surface area (Å²) in [6.07, 6.45) is 2.20. The monoisotopic (exact) mass is 230 g/mol. The van der Waals surface area contributed by atoms with E-state index in [1.54, 1.807) is 6.92 Å². The van der Waals surface area contributed by atoms with Crippen LogP contribution in [0.4, 0.5) is 0 Å². The number of hydrogen-bond donors (Lipinski definition) is 0. The molecule has 16 heavy (non-hydrogen) atoms. The highest BCUT2D eigenvalue weighted by atomic mass is 16.8. The van der Waals surface area contributed by atoms with Crippen LogP contribution in [0.2, 0.25) is 0 Å². The molecule has 1 heterocycles. The third kappa shape index (κ3) is 3.46. The van der Waals surface area contributed by atoms with E-state index in [4.69, 9.17) is 14.2 Å². The summed E-state index contributed by atoms with van der Waals surface area (Å²) in [5.74, 6) is -0.996. The van der Waals surface area contributed by atoms with Crippen molar-refractivity contribution in [2.75, 3.05) is 6.61 Å². The van der Waals surface area contributed by atoms with E-state index in [0.29, 0.717) is 6.61 Å². The first kappa shape index (κ1) is 13.5. The Bertz CT molecular complexity index is 237. The summed E-state index contributed by atoms with van der Waals surface area (Å²) in [6, 6.07) is 0. The van der Waals surface area contributed by atoms with Gasteiger partial charge in [-0.25, -0.2) is 4.79 Å². The lowest BCUT2D eigenvalue weighted by Gasteiger charge is -2.16. The van der Waals surface area contributed by atoms with Gasteiger partial charge < -0.3 is 14.2 Å². The smallest absolute Gasteiger partial charge is 0.338 e. The number of esters is 1. The van der Waals surface area contributed by atoms with Gasteiger partial charge in [0.1, 0.15) is 0 Å². The van der Waals surface area contributed by atoms with Gasteiger partial charge in [0.15, 0.2) is 11.9 Å². The highest BCUT2D eigenvalue weighted by molar-refractivity contribution is 5.75. The molecular weight excluding hydrogens is 208 g/mol. The van der Waals surface area contributed by atoms with Gasteiger partial charge in [0.05, 0.1) is 12.7 Å². The fraction of sp³-hybridized carbons (Fsp3) is 0.917. The van der Waals surface area contributed by atoms with Gasteiger partial charge >= 0.3 is 5.97 Å². The first-order chi connectivity index (χ1) is 7.50. The lowest BCUT2D eigenvalue weighted by Crippen LogP contribution is -2.33. The van der Waals surface area contributed by atoms with Crippen molar-refractivity contribution in [1.82, 2.24) is 0 Å². The van der Waals surface area contributed by atoms with Crippen LogP contribution < -0.4 is 0 Å². The predicted molar refractivity (Wildman–Crippen MR) is 60.0 cm³/mol. The van der Waals surface area contributed by atoms with Crippen molar-refractivity contribution in [3.8, 4) is 0 Å². The van der Waals surface area contributed by atoms with Crippen LogP contribution in [-0.4, -0.2) is 30.6 Å². The molecule has 2 atom stereocenters. The summed E-state index contributed by atoms with van der Waals surface area (Å²) in [6.45, 7) is 7.93. The Kier molecular flexibility index (Phi) is 4.74. The molecule has 0 bridgehead atoms. The zero-order valence-electron chi connectivity index (χ0n) is 10.6. The van der Waals surface area contributed by atoms with Crippen molar-refractivity contribution in [2.24, 2.45) is 0 Å². The number of carbonyl (C=O) groups excluding carboxylic acids is 1. The Hall–Kier alpha value is -0.610. The van der Waals surface area contributed by atoms with E-state index in [2.05, 4.69) is 6.92 Å². The van der Waals surface area contributed by atoms with Gasteiger partial charge in [0, 0.05) is 0 Å². The maximum absolute atomic E-state index is 11.7. The van der Waals surface area contributed by atoms with Crippen molar-refractivity contribution in [2.45, 2.75) is 65.0 Å². The van der Waals surface area contributed by atoms with E-state index in [-0.39, 0.29) is 12.1 Å². The first-order valence-electron chi connectivity index (χ1n) is 6.02. The fourth-order valence-electron chi connectivity index (χ4n) is 1.88. The Morgan fingerprint density at radius 1 is 1.31 bits per heavy atom. The molecule has 0 amide bonds. The van der Waals surface area contributed by atoms with E-state index < -0.39 is 11.9 Å². The number of rotatable bonds is 5. The first-order valence-corrected chi connectivity index (χ1v) is 6.02. The van der Waals surface area contributed by atoms with Gasteiger partial charge in [0.25, 0.3) is 0 Å². The second-order valence-corrected chi connectivity index (χ2v) is 4.49. The van der Waals surface area contributed by atoms with Crippen LogP contribution in [0, 0.1) is 0 Å². The largest absolute Gasteiger partial charge is 0.464 e. The molecule has 0 radical (unpaired) electrons. The third-order valence-corrected chi connectivity index (χ3v) is 2.54. The van der Waals surface area contributed by atoms with Gasteiger partial charge in [-0.15, -0.1) is 0 Å². The lowest BCUT2D eigenvalue weighted by molar-refractivity contribution is -0.170. The summed E-state index contributed by atoms with van der Waals surface area (Å²) in [4.78, 5) is 11.7. The number of hydrogen-bond acceptors (Lipinski definition) is 4. The summed E-state index contributed by atoms with van der Waals surface area (Å²) in [7, 11) is 0. The molecule has 0 N–H and O–H groups in total. The molecule has 0 aromatic rings. The standard InChI is InChI=1S/C12H22O4/c1-5-7-8-9-10(11(13)14-6-2)16-12(3,4)15-9/h9-10H,5-8H2,1-4H3. The van der Waals surface area contributed by atoms with Crippen LogP contribution in [0.1, 0.15) is 47.0 Å². The van der Waals surface area contributed by atoms with Crippen LogP contribution >= 0.6 is 0 Å². The van der Waals surface area contributed by atoms with Crippen LogP contribution in [0.25, 0.3) is 0 Å². The molecular formula is C12H22O4. The number of unbranched alkanes of at least 4 members (excludes halogenated alkanes) is 1. The van der Waals surface area contributed by atoms with Crippen molar-refractivity contribution in [3.05, 3.63) is 0 Å². The molecule has 0 spiro atoms. The highest BCUT2D eigenvalue weighted by Crippen LogP contribution is 2.31. The Morgan fingerprint density at radius 3 is 2.56 bits per heavy atom. The van der Waals surface area contributed by atoms with E-state index in [1.165, 1.54) is 0 Å². The van der Waals surface area contributed by atoms with Crippen LogP contribution in [0.5, 0.6) is 0 Å². The molecule has 1 rings (SSSR count). The van der Waals surface area contributed by atoms with E-state index in [9.17, 15) is 4.79 Å². The van der Waals surface area contributed by atoms with Crippen molar-refractivity contribution < 1.29 is 19.0 Å². The summed E-state index contributed by atoms with van der Waals surface area (Å²) < 4.78 is 16.3. The molecule has 0 aromatic carbocycles. The number of ether oxygens (including phenoxy) is 3. The fourth-order valence-corrected chi connectivity index (χ4v) is 1.88. The van der Waals surface area contributed by atoms with Crippen LogP contribution in [0.15, 0.2) is 0 Å². The SMILES string of the molecule is CCCCC1OC(C)(C)OC1C(=O)OCC. The molecule has 1 aliphatic heterocycles. The van der Waals surface area contributed by atoms with Crippen LogP contribution in [-0.2, 0) is 19.0 Å². The second kappa shape index (κ2) is 5.64. The van der Waals surface area contributed by atoms with Crippen LogP contribution in [0.3, 0.4) is 0 Å². The predicted octanol–water partition coefficient (Wildman–Crippen LogP) is 2.26. The van der Waals surface area contributed by atoms with E-state index in [1.807, 2.05) is 13.8 Å². The van der Waals surface area contributed by atoms with Gasteiger partial charge in [-0.3, -0.25) is 0 Å². The molecule has 0 aliphatic carbocycles. The minimum atomic E-state index is -0.685. The lowest BCUT2D eigenvalue weighted by atomic mass is 10.1. The third-order valence-electron chi connectivity index (χ3n) is 2.54. The maximum Gasteiger partial charge on any atom is 0.338 e. The average molecular weight is 230 g/mol. The van der Waals surface area contributed by atoms with Gasteiger partial charge in [-0.1, -0.05) is 19.8 Å². The molecule has 4 heteroatoms. The van der Waals surface area contributed by atoms with Crippen molar-refractivity contribution in [3.63, 3.8) is 0 Å². The molecule has 0 aromatic heterocycles. The minimum absolute atomic E-state index is 0.172. The van der Waals surface area contributed by atoms with Crippen molar-refractivity contribution >= 4 is 5.97 Å². The summed E-state index contributed by atoms with van der Waals surface area (Å²) in [5, 5.41) is 0. The zero-order chi connectivity index (χ0) is 12.2. The molecule has 1 aliphatic rings. The normalized spacial score (nSPS) is 28.0. The number of carbonyl (C=O) groups is 1. The minimum Gasteiger partial charge on any atom is -0.464 e. The van der Waals surface area contributed by atoms with Gasteiger partial charge in [-0.2, -0.15) is 0 Å². The van der Waals surface area contributed by atoms with Gasteiger partial charge in [0.2, 0.25) is 0 Å². The van der Waals surface area contributed by atoms with Gasteiger partial charge in [-0.05, 0) is 27.2 Å². The average Bonchev–Trinajstić information content (AvgIpc) is 2.51. The van der Waals surface area contributed by atoms with Crippen molar-refractivity contribution in [1.29, 1.82) is 0 Å². The summed E-state index contributed by atoms with van der Waals surface area (Å²) >= 11 is 0. The zero-order valence-corrected chi connectivity index (χ0v) is 10.6. The second-order valence-electron chi connectivity index (χ2n) is 4.49. The molecule has 94 valence electrons. The molecule has 4 nitrogen and oxygen atoms in total. The van der Waals surface area contributed by atoms with E-state index >= 15 is 0 Å². The molecule has 1 fully saturated rings. The molecule has 2 unspecified atom stereocenters.